The first-order valence-corrected chi connectivity index (χ1v) is 10.8. The molecule has 0 unspecified atom stereocenters. The van der Waals surface area contributed by atoms with Crippen molar-refractivity contribution in [1.82, 2.24) is 0 Å². The van der Waals surface area contributed by atoms with E-state index in [1.165, 1.54) is 64.7 Å². The zero-order chi connectivity index (χ0) is 23.2. The van der Waals surface area contributed by atoms with Crippen molar-refractivity contribution < 1.29 is 21.7 Å². The van der Waals surface area contributed by atoms with E-state index in [-0.39, 0.29) is 21.7 Å². The van der Waals surface area contributed by atoms with Crippen LogP contribution in [0.15, 0.2) is 35.9 Å². The molecule has 2 aliphatic carbocycles. The van der Waals surface area contributed by atoms with Gasteiger partial charge in [0.25, 0.3) is 0 Å². The van der Waals surface area contributed by atoms with E-state index in [9.17, 15) is 0 Å². The third-order valence-corrected chi connectivity index (χ3v) is 6.90. The molecule has 10 radical (unpaired) electrons. The number of hydrogen-bond donors (Lipinski definition) is 0. The molecular weight excluding hydrogens is 408 g/mol. The SMILES string of the molecule is C[C]1[C](C)[C](C)[C](C)[C]1C.C[C]1[C](C)[C](C)[C](C)[C]1C.[CH-]=C([CH2-])Cc1ccccc1.[Ti+4]. The van der Waals surface area contributed by atoms with Crippen LogP contribution in [0, 0.1) is 72.7 Å². The van der Waals surface area contributed by atoms with E-state index in [4.69, 9.17) is 6.58 Å². The summed E-state index contributed by atoms with van der Waals surface area (Å²) < 4.78 is 0. The molecule has 0 aliphatic heterocycles. The summed E-state index contributed by atoms with van der Waals surface area (Å²) in [6.07, 6.45) is 0.779. The van der Waals surface area contributed by atoms with E-state index < -0.39 is 0 Å². The van der Waals surface area contributed by atoms with E-state index in [0.29, 0.717) is 5.57 Å². The maximum Gasteiger partial charge on any atom is 4.00 e. The van der Waals surface area contributed by atoms with Gasteiger partial charge >= 0.3 is 21.7 Å². The van der Waals surface area contributed by atoms with Crippen LogP contribution in [0.25, 0.3) is 0 Å². The van der Waals surface area contributed by atoms with Crippen molar-refractivity contribution in [3.05, 3.63) is 114 Å². The molecule has 1 heteroatoms. The topological polar surface area (TPSA) is 0 Å². The Morgan fingerprint density at radius 1 is 0.548 bits per heavy atom. The van der Waals surface area contributed by atoms with Crippen LogP contribution in [0.5, 0.6) is 0 Å². The summed E-state index contributed by atoms with van der Waals surface area (Å²) in [5.41, 5.74) is 1.93. The molecule has 2 aliphatic rings. The Bertz CT molecular complexity index is 501. The molecule has 162 valence electrons. The molecule has 0 nitrogen and oxygen atoms in total. The van der Waals surface area contributed by atoms with Gasteiger partial charge in [-0.15, -0.1) is 0 Å². The van der Waals surface area contributed by atoms with Gasteiger partial charge in [0, 0.05) is 0 Å². The largest absolute Gasteiger partial charge is 4.00 e. The van der Waals surface area contributed by atoms with E-state index in [1.54, 1.807) is 0 Å². The van der Waals surface area contributed by atoms with Gasteiger partial charge in [-0.25, -0.2) is 0 Å². The third kappa shape index (κ3) is 8.44. The van der Waals surface area contributed by atoms with Crippen molar-refractivity contribution in [2.75, 3.05) is 0 Å². The second-order valence-corrected chi connectivity index (χ2v) is 8.57. The molecule has 0 saturated heterocycles. The molecule has 0 spiro atoms. The summed E-state index contributed by atoms with van der Waals surface area (Å²) in [6, 6.07) is 10.1. The molecule has 1 aromatic carbocycles. The molecule has 2 saturated carbocycles. The zero-order valence-corrected chi connectivity index (χ0v) is 22.9. The normalized spacial score (nSPS) is 21.4. The van der Waals surface area contributed by atoms with Crippen LogP contribution >= 0.6 is 0 Å². The molecule has 0 atom stereocenters. The van der Waals surface area contributed by atoms with Crippen LogP contribution in [-0.4, -0.2) is 0 Å². The van der Waals surface area contributed by atoms with Gasteiger partial charge < -0.3 is 19.1 Å². The van der Waals surface area contributed by atoms with Crippen molar-refractivity contribution in [3.8, 4) is 0 Å². The van der Waals surface area contributed by atoms with E-state index in [0.717, 1.165) is 6.42 Å². The summed E-state index contributed by atoms with van der Waals surface area (Å²) in [4.78, 5) is 0. The van der Waals surface area contributed by atoms with Crippen molar-refractivity contribution in [2.45, 2.75) is 75.7 Å². The molecule has 31 heavy (non-hydrogen) atoms. The number of hydrogen-bond acceptors (Lipinski definition) is 0. The van der Waals surface area contributed by atoms with Gasteiger partial charge in [-0.05, 0) is 64.7 Å². The summed E-state index contributed by atoms with van der Waals surface area (Å²) in [7, 11) is 0. The van der Waals surface area contributed by atoms with Gasteiger partial charge in [-0.3, -0.25) is 0 Å². The van der Waals surface area contributed by atoms with Crippen molar-refractivity contribution in [2.24, 2.45) is 0 Å². The Balaban J connectivity index is 0.000000429. The Morgan fingerprint density at radius 3 is 0.968 bits per heavy atom. The molecule has 0 N–H and O–H groups in total. The van der Waals surface area contributed by atoms with Gasteiger partial charge in [0.1, 0.15) is 0 Å². The molecule has 2 fully saturated rings. The average Bonchev–Trinajstić information content (AvgIpc) is 2.99. The quantitative estimate of drug-likeness (QED) is 0.315. The van der Waals surface area contributed by atoms with Gasteiger partial charge in [-0.2, -0.15) is 0 Å². The monoisotopic (exact) mass is 448 g/mol. The Labute approximate surface area is 211 Å². The predicted octanol–water partition coefficient (Wildman–Crippen LogP) is 8.36. The van der Waals surface area contributed by atoms with E-state index in [1.807, 2.05) is 30.3 Å². The van der Waals surface area contributed by atoms with Crippen LogP contribution in [0.1, 0.15) is 74.8 Å². The molecule has 0 bridgehead atoms. The Kier molecular flexibility index (Phi) is 13.7. The first-order chi connectivity index (χ1) is 13.9. The minimum atomic E-state index is 0. The van der Waals surface area contributed by atoms with Crippen LogP contribution in [-0.2, 0) is 28.1 Å². The minimum Gasteiger partial charge on any atom is -0.545 e. The van der Waals surface area contributed by atoms with Crippen molar-refractivity contribution >= 4 is 0 Å². The first kappa shape index (κ1) is 30.5. The fourth-order valence-electron chi connectivity index (χ4n) is 3.67. The maximum absolute atomic E-state index is 5.43. The molecule has 0 amide bonds. The van der Waals surface area contributed by atoms with Gasteiger partial charge in [0.2, 0.25) is 0 Å². The van der Waals surface area contributed by atoms with Gasteiger partial charge in [0.15, 0.2) is 0 Å². The maximum atomic E-state index is 5.43. The van der Waals surface area contributed by atoms with E-state index in [2.05, 4.69) is 76.2 Å². The number of benzene rings is 1. The Hall–Kier alpha value is -0.456. The average molecular weight is 449 g/mol. The molecule has 1 aromatic rings. The summed E-state index contributed by atoms with van der Waals surface area (Å²) in [5, 5.41) is 0. The number of allylic oxidation sites excluding steroid dienone is 1. The van der Waals surface area contributed by atoms with Crippen LogP contribution in [0.3, 0.4) is 0 Å². The fourth-order valence-corrected chi connectivity index (χ4v) is 3.67. The van der Waals surface area contributed by atoms with Gasteiger partial charge in [0.05, 0.1) is 0 Å². The third-order valence-electron chi connectivity index (χ3n) is 6.90. The van der Waals surface area contributed by atoms with E-state index >= 15 is 0 Å². The summed E-state index contributed by atoms with van der Waals surface area (Å²) in [6.45, 7) is 31.0. The van der Waals surface area contributed by atoms with Gasteiger partial charge in [-0.1, -0.05) is 106 Å². The first-order valence-electron chi connectivity index (χ1n) is 10.8. The standard InChI is InChI=1S/2C10H15.C10H10.Ti/c2*1-6-7(2)9(4)10(5)8(6)3;1-9(2)8-10-6-4-3-5-7-10;/h2*1-5H3;1,3-7H,2,8H2;/q;;-2;+4. The smallest absolute Gasteiger partial charge is 0.545 e. The summed E-state index contributed by atoms with van der Waals surface area (Å²) >= 11 is 0. The van der Waals surface area contributed by atoms with Crippen LogP contribution in [0.2, 0.25) is 0 Å². The predicted molar refractivity (Wildman–Crippen MR) is 132 cm³/mol. The van der Waals surface area contributed by atoms with Crippen molar-refractivity contribution in [3.63, 3.8) is 0 Å². The summed E-state index contributed by atoms with van der Waals surface area (Å²) in [5.74, 6) is 14.7. The number of rotatable bonds is 2. The Morgan fingerprint density at radius 2 is 0.774 bits per heavy atom. The second kappa shape index (κ2) is 13.9. The minimum absolute atomic E-state index is 0. The van der Waals surface area contributed by atoms with Crippen molar-refractivity contribution in [1.29, 1.82) is 0 Å². The fraction of sp³-hybridized carbons (Fsp3) is 0.367. The molecule has 0 aromatic heterocycles. The van der Waals surface area contributed by atoms with Crippen LogP contribution < -0.4 is 0 Å². The zero-order valence-electron chi connectivity index (χ0n) is 21.4. The molecular formula is C30H40Ti+2. The second-order valence-electron chi connectivity index (χ2n) is 8.57. The molecule has 3 rings (SSSR count). The van der Waals surface area contributed by atoms with Crippen LogP contribution in [0.4, 0.5) is 0 Å². The molecule has 0 heterocycles.